The molecule has 5 nitrogen and oxygen atoms in total. The van der Waals surface area contributed by atoms with Crippen molar-refractivity contribution in [1.29, 1.82) is 0 Å². The Morgan fingerprint density at radius 3 is 2.85 bits per heavy atom. The SMILES string of the molecule is Cc1cc(F)cc(C(=O)N2CCO[C@H](CC(=O)O)C2)c1. The lowest BCUT2D eigenvalue weighted by Crippen LogP contribution is -2.46. The molecule has 1 aromatic rings. The van der Waals surface area contributed by atoms with Gasteiger partial charge in [0.15, 0.2) is 0 Å². The Morgan fingerprint density at radius 1 is 1.45 bits per heavy atom. The van der Waals surface area contributed by atoms with Crippen LogP contribution in [0, 0.1) is 12.7 Å². The standard InChI is InChI=1S/C14H16FNO4/c1-9-4-10(6-11(15)5-9)14(19)16-2-3-20-12(8-16)7-13(17)18/h4-6,12H,2-3,7-8H2,1H3,(H,17,18)/t12-/m1/s1. The number of carbonyl (C=O) groups excluding carboxylic acids is 1. The fraction of sp³-hybridized carbons (Fsp3) is 0.429. The number of rotatable bonds is 3. The summed E-state index contributed by atoms with van der Waals surface area (Å²) >= 11 is 0. The fourth-order valence-corrected chi connectivity index (χ4v) is 2.26. The van der Waals surface area contributed by atoms with Gasteiger partial charge in [0.1, 0.15) is 5.82 Å². The summed E-state index contributed by atoms with van der Waals surface area (Å²) in [5.74, 6) is -1.72. The molecule has 0 bridgehead atoms. The topological polar surface area (TPSA) is 66.8 Å². The van der Waals surface area contributed by atoms with E-state index in [1.54, 1.807) is 13.0 Å². The molecule has 0 spiro atoms. The minimum absolute atomic E-state index is 0.147. The largest absolute Gasteiger partial charge is 0.481 e. The summed E-state index contributed by atoms with van der Waals surface area (Å²) < 4.78 is 18.6. The normalized spacial score (nSPS) is 18.9. The summed E-state index contributed by atoms with van der Waals surface area (Å²) in [6, 6.07) is 4.16. The van der Waals surface area contributed by atoms with Crippen molar-refractivity contribution in [2.75, 3.05) is 19.7 Å². The molecule has 1 N–H and O–H groups in total. The van der Waals surface area contributed by atoms with Crippen LogP contribution in [-0.4, -0.2) is 47.7 Å². The first-order valence-electron chi connectivity index (χ1n) is 6.35. The van der Waals surface area contributed by atoms with E-state index < -0.39 is 17.9 Å². The number of aryl methyl sites for hydroxylation is 1. The molecule has 1 aliphatic rings. The number of hydrogen-bond donors (Lipinski definition) is 1. The highest BCUT2D eigenvalue weighted by molar-refractivity contribution is 5.94. The van der Waals surface area contributed by atoms with Crippen LogP contribution >= 0.6 is 0 Å². The van der Waals surface area contributed by atoms with E-state index in [-0.39, 0.29) is 31.0 Å². The molecule has 0 unspecified atom stereocenters. The van der Waals surface area contributed by atoms with Crippen molar-refractivity contribution in [3.05, 3.63) is 35.1 Å². The molecule has 0 aliphatic carbocycles. The Kier molecular flexibility index (Phi) is 4.34. The van der Waals surface area contributed by atoms with Crippen LogP contribution in [0.15, 0.2) is 18.2 Å². The number of halogens is 1. The summed E-state index contributed by atoms with van der Waals surface area (Å²) in [5.41, 5.74) is 0.946. The average molecular weight is 281 g/mol. The van der Waals surface area contributed by atoms with Crippen molar-refractivity contribution >= 4 is 11.9 Å². The fourth-order valence-electron chi connectivity index (χ4n) is 2.26. The van der Waals surface area contributed by atoms with E-state index in [9.17, 15) is 14.0 Å². The monoisotopic (exact) mass is 281 g/mol. The minimum Gasteiger partial charge on any atom is -0.481 e. The van der Waals surface area contributed by atoms with E-state index >= 15 is 0 Å². The molecule has 108 valence electrons. The Labute approximate surface area is 116 Å². The van der Waals surface area contributed by atoms with Crippen LogP contribution in [0.3, 0.4) is 0 Å². The molecule has 6 heteroatoms. The highest BCUT2D eigenvalue weighted by atomic mass is 19.1. The number of aliphatic carboxylic acids is 1. The Balaban J connectivity index is 2.10. The van der Waals surface area contributed by atoms with Gasteiger partial charge in [0, 0.05) is 18.7 Å². The molecular formula is C14H16FNO4. The van der Waals surface area contributed by atoms with E-state index in [0.717, 1.165) is 0 Å². The first-order valence-corrected chi connectivity index (χ1v) is 6.35. The first kappa shape index (κ1) is 14.5. The number of hydrogen-bond acceptors (Lipinski definition) is 3. The van der Waals surface area contributed by atoms with E-state index in [4.69, 9.17) is 9.84 Å². The molecular weight excluding hydrogens is 265 g/mol. The zero-order valence-electron chi connectivity index (χ0n) is 11.1. The maximum absolute atomic E-state index is 13.3. The number of carbonyl (C=O) groups is 2. The summed E-state index contributed by atoms with van der Waals surface area (Å²) in [6.07, 6.45) is -0.661. The maximum atomic E-state index is 13.3. The minimum atomic E-state index is -0.967. The molecule has 1 fully saturated rings. The lowest BCUT2D eigenvalue weighted by molar-refractivity contribution is -0.141. The van der Waals surface area contributed by atoms with Gasteiger partial charge in [-0.1, -0.05) is 0 Å². The van der Waals surface area contributed by atoms with E-state index in [0.29, 0.717) is 12.1 Å². The quantitative estimate of drug-likeness (QED) is 0.910. The third kappa shape index (κ3) is 3.54. The van der Waals surface area contributed by atoms with Crippen molar-refractivity contribution in [1.82, 2.24) is 4.90 Å². The zero-order valence-corrected chi connectivity index (χ0v) is 11.1. The zero-order chi connectivity index (χ0) is 14.7. The van der Waals surface area contributed by atoms with Gasteiger partial charge < -0.3 is 14.7 Å². The van der Waals surface area contributed by atoms with E-state index in [1.807, 2.05) is 0 Å². The third-order valence-corrected chi connectivity index (χ3v) is 3.12. The van der Waals surface area contributed by atoms with E-state index in [2.05, 4.69) is 0 Å². The van der Waals surface area contributed by atoms with Crippen LogP contribution in [-0.2, 0) is 9.53 Å². The average Bonchev–Trinajstić information content (AvgIpc) is 2.36. The number of benzene rings is 1. The molecule has 1 atom stereocenters. The smallest absolute Gasteiger partial charge is 0.306 e. The number of carboxylic acids is 1. The van der Waals surface area contributed by atoms with Crippen LogP contribution in [0.2, 0.25) is 0 Å². The van der Waals surface area contributed by atoms with Crippen molar-refractivity contribution in [2.24, 2.45) is 0 Å². The Bertz CT molecular complexity index is 512. The van der Waals surface area contributed by atoms with Crippen LogP contribution in [0.1, 0.15) is 22.3 Å². The Morgan fingerprint density at radius 2 is 2.20 bits per heavy atom. The molecule has 1 aromatic carbocycles. The van der Waals surface area contributed by atoms with Gasteiger partial charge in [-0.3, -0.25) is 9.59 Å². The molecule has 1 aliphatic heterocycles. The lowest BCUT2D eigenvalue weighted by Gasteiger charge is -2.32. The second kappa shape index (κ2) is 6.00. The molecule has 1 saturated heterocycles. The van der Waals surface area contributed by atoms with Crippen LogP contribution in [0.5, 0.6) is 0 Å². The summed E-state index contributed by atoms with van der Waals surface area (Å²) in [6.45, 7) is 2.59. The number of carboxylic acid groups (broad SMARTS) is 1. The van der Waals surface area contributed by atoms with Crippen molar-refractivity contribution < 1.29 is 23.8 Å². The number of ether oxygens (including phenoxy) is 1. The molecule has 0 aromatic heterocycles. The number of morpholine rings is 1. The summed E-state index contributed by atoms with van der Waals surface area (Å²) in [7, 11) is 0. The van der Waals surface area contributed by atoms with Crippen molar-refractivity contribution in [2.45, 2.75) is 19.4 Å². The van der Waals surface area contributed by atoms with Gasteiger partial charge in [-0.2, -0.15) is 0 Å². The Hall–Kier alpha value is -1.95. The molecule has 2 rings (SSSR count). The van der Waals surface area contributed by atoms with E-state index in [1.165, 1.54) is 17.0 Å². The number of amides is 1. The van der Waals surface area contributed by atoms with Crippen LogP contribution in [0.25, 0.3) is 0 Å². The van der Waals surface area contributed by atoms with Gasteiger partial charge in [0.05, 0.1) is 19.1 Å². The highest BCUT2D eigenvalue weighted by Crippen LogP contribution is 2.15. The number of nitrogens with zero attached hydrogens (tertiary/aromatic N) is 1. The van der Waals surface area contributed by atoms with Gasteiger partial charge >= 0.3 is 5.97 Å². The van der Waals surface area contributed by atoms with Gasteiger partial charge in [0.2, 0.25) is 0 Å². The lowest BCUT2D eigenvalue weighted by atomic mass is 10.1. The molecule has 1 heterocycles. The summed E-state index contributed by atoms with van der Waals surface area (Å²) in [5, 5.41) is 8.75. The first-order chi connectivity index (χ1) is 9.45. The third-order valence-electron chi connectivity index (χ3n) is 3.12. The second-order valence-electron chi connectivity index (χ2n) is 4.86. The predicted octanol–water partition coefficient (Wildman–Crippen LogP) is 1.45. The van der Waals surface area contributed by atoms with Gasteiger partial charge in [0.25, 0.3) is 5.91 Å². The molecule has 20 heavy (non-hydrogen) atoms. The molecule has 0 radical (unpaired) electrons. The van der Waals surface area contributed by atoms with Crippen molar-refractivity contribution in [3.63, 3.8) is 0 Å². The molecule has 1 amide bonds. The predicted molar refractivity (Wildman–Crippen MR) is 69.0 cm³/mol. The summed E-state index contributed by atoms with van der Waals surface area (Å²) in [4.78, 5) is 24.5. The second-order valence-corrected chi connectivity index (χ2v) is 4.86. The van der Waals surface area contributed by atoms with Gasteiger partial charge in [-0.25, -0.2) is 4.39 Å². The highest BCUT2D eigenvalue weighted by Gasteiger charge is 2.26. The van der Waals surface area contributed by atoms with Gasteiger partial charge in [-0.15, -0.1) is 0 Å². The van der Waals surface area contributed by atoms with Crippen LogP contribution in [0.4, 0.5) is 4.39 Å². The van der Waals surface area contributed by atoms with Crippen LogP contribution < -0.4 is 0 Å². The van der Waals surface area contributed by atoms with Gasteiger partial charge in [-0.05, 0) is 30.7 Å². The molecule has 0 saturated carbocycles. The van der Waals surface area contributed by atoms with Crippen molar-refractivity contribution in [3.8, 4) is 0 Å². The maximum Gasteiger partial charge on any atom is 0.306 e.